The average molecular weight is 463 g/mol. The third-order valence-corrected chi connectivity index (χ3v) is 6.52. The fourth-order valence-electron chi connectivity index (χ4n) is 4.80. The lowest BCUT2D eigenvalue weighted by Crippen LogP contribution is -2.49. The lowest BCUT2D eigenvalue weighted by atomic mass is 9.81. The Balaban J connectivity index is 1.35. The fraction of sp³-hybridized carbons (Fsp3) is 0.320. The van der Waals surface area contributed by atoms with Crippen LogP contribution in [0.2, 0.25) is 0 Å². The first kappa shape index (κ1) is 21.8. The Hall–Kier alpha value is -4.01. The molecule has 1 spiro atoms. The SMILES string of the molecule is COc1cc(C(=O)N2CCC3(CC2)Oc2ccccc2-c2c3cnn2C)ccc1OCC(N)=O. The first-order chi connectivity index (χ1) is 16.4. The molecule has 176 valence electrons. The Labute approximate surface area is 197 Å². The molecule has 3 aromatic rings. The van der Waals surface area contributed by atoms with E-state index in [1.807, 2.05) is 47.1 Å². The van der Waals surface area contributed by atoms with Crippen LogP contribution < -0.4 is 19.9 Å². The Morgan fingerprint density at radius 3 is 2.65 bits per heavy atom. The van der Waals surface area contributed by atoms with Gasteiger partial charge in [-0.15, -0.1) is 0 Å². The predicted octanol–water partition coefficient (Wildman–Crippen LogP) is 2.48. The molecule has 1 aromatic heterocycles. The second kappa shape index (κ2) is 8.40. The zero-order chi connectivity index (χ0) is 23.9. The Bertz CT molecular complexity index is 1260. The normalized spacial score (nSPS) is 15.8. The highest BCUT2D eigenvalue weighted by Crippen LogP contribution is 2.49. The molecule has 0 aliphatic carbocycles. The number of ether oxygens (including phenoxy) is 3. The van der Waals surface area contributed by atoms with Crippen LogP contribution in [0, 0.1) is 0 Å². The summed E-state index contributed by atoms with van der Waals surface area (Å²) in [7, 11) is 3.42. The molecule has 2 aromatic carbocycles. The largest absolute Gasteiger partial charge is 0.493 e. The summed E-state index contributed by atoms with van der Waals surface area (Å²) in [6.45, 7) is 0.812. The maximum atomic E-state index is 13.3. The van der Waals surface area contributed by atoms with Crippen LogP contribution in [0.4, 0.5) is 0 Å². The number of carbonyl (C=O) groups is 2. The van der Waals surface area contributed by atoms with E-state index < -0.39 is 11.5 Å². The van der Waals surface area contributed by atoms with Crippen molar-refractivity contribution in [3.63, 3.8) is 0 Å². The number of carbonyl (C=O) groups excluding carboxylic acids is 2. The van der Waals surface area contributed by atoms with Gasteiger partial charge in [-0.05, 0) is 30.3 Å². The van der Waals surface area contributed by atoms with Gasteiger partial charge >= 0.3 is 0 Å². The second-order valence-corrected chi connectivity index (χ2v) is 8.54. The summed E-state index contributed by atoms with van der Waals surface area (Å²) < 4.78 is 19.2. The molecule has 1 fully saturated rings. The van der Waals surface area contributed by atoms with Gasteiger partial charge < -0.3 is 24.8 Å². The molecule has 9 heteroatoms. The van der Waals surface area contributed by atoms with Gasteiger partial charge in [0.15, 0.2) is 18.1 Å². The molecule has 0 saturated carbocycles. The minimum absolute atomic E-state index is 0.0998. The van der Waals surface area contributed by atoms with Crippen LogP contribution in [0.1, 0.15) is 28.8 Å². The number of hydrogen-bond acceptors (Lipinski definition) is 6. The number of hydrogen-bond donors (Lipinski definition) is 1. The molecule has 34 heavy (non-hydrogen) atoms. The van der Waals surface area contributed by atoms with Gasteiger partial charge in [0, 0.05) is 49.7 Å². The van der Waals surface area contributed by atoms with Crippen LogP contribution >= 0.6 is 0 Å². The van der Waals surface area contributed by atoms with Crippen molar-refractivity contribution in [3.05, 3.63) is 59.8 Å². The molecule has 9 nitrogen and oxygen atoms in total. The van der Waals surface area contributed by atoms with E-state index in [1.165, 1.54) is 7.11 Å². The summed E-state index contributed by atoms with van der Waals surface area (Å²) in [5.74, 6) is 0.877. The second-order valence-electron chi connectivity index (χ2n) is 8.54. The maximum absolute atomic E-state index is 13.3. The van der Waals surface area contributed by atoms with Gasteiger partial charge in [-0.3, -0.25) is 14.3 Å². The van der Waals surface area contributed by atoms with Crippen molar-refractivity contribution in [3.8, 4) is 28.5 Å². The van der Waals surface area contributed by atoms with Crippen LogP contribution in [-0.4, -0.2) is 53.3 Å². The minimum atomic E-state index is -0.589. The lowest BCUT2D eigenvalue weighted by Gasteiger charge is -2.44. The average Bonchev–Trinajstić information content (AvgIpc) is 3.25. The highest BCUT2D eigenvalue weighted by atomic mass is 16.5. The number of nitrogens with two attached hydrogens (primary N) is 1. The molecule has 2 aliphatic heterocycles. The van der Waals surface area contributed by atoms with Crippen molar-refractivity contribution >= 4 is 11.8 Å². The van der Waals surface area contributed by atoms with Gasteiger partial charge in [-0.2, -0.15) is 5.10 Å². The van der Waals surface area contributed by atoms with Crippen molar-refractivity contribution in [1.29, 1.82) is 0 Å². The van der Waals surface area contributed by atoms with E-state index in [-0.39, 0.29) is 12.5 Å². The van der Waals surface area contributed by atoms with Crippen LogP contribution in [-0.2, 0) is 17.4 Å². The van der Waals surface area contributed by atoms with Gasteiger partial charge in [-0.25, -0.2) is 0 Å². The first-order valence-corrected chi connectivity index (χ1v) is 11.1. The molecule has 0 atom stereocenters. The number of methoxy groups -OCH3 is 1. The van der Waals surface area contributed by atoms with E-state index in [0.29, 0.717) is 43.0 Å². The van der Waals surface area contributed by atoms with Crippen LogP contribution in [0.5, 0.6) is 17.2 Å². The van der Waals surface area contributed by atoms with Crippen molar-refractivity contribution in [2.24, 2.45) is 12.8 Å². The molecule has 3 heterocycles. The summed E-state index contributed by atoms with van der Waals surface area (Å²) >= 11 is 0. The summed E-state index contributed by atoms with van der Waals surface area (Å²) in [5.41, 5.74) is 8.28. The molecular weight excluding hydrogens is 436 g/mol. The molecule has 0 bridgehead atoms. The third-order valence-electron chi connectivity index (χ3n) is 6.52. The smallest absolute Gasteiger partial charge is 0.255 e. The number of amides is 2. The quantitative estimate of drug-likeness (QED) is 0.624. The van der Waals surface area contributed by atoms with Crippen molar-refractivity contribution in [2.45, 2.75) is 18.4 Å². The number of para-hydroxylation sites is 1. The molecular formula is C25H26N4O5. The summed E-state index contributed by atoms with van der Waals surface area (Å²) in [6, 6.07) is 12.9. The van der Waals surface area contributed by atoms with E-state index in [1.54, 1.807) is 18.2 Å². The van der Waals surface area contributed by atoms with Gasteiger partial charge in [0.2, 0.25) is 0 Å². The topological polar surface area (TPSA) is 109 Å². The monoisotopic (exact) mass is 462 g/mol. The molecule has 2 amide bonds. The maximum Gasteiger partial charge on any atom is 0.255 e. The Morgan fingerprint density at radius 2 is 1.91 bits per heavy atom. The zero-order valence-corrected chi connectivity index (χ0v) is 19.1. The van der Waals surface area contributed by atoms with Gasteiger partial charge in [0.25, 0.3) is 11.8 Å². The van der Waals surface area contributed by atoms with Gasteiger partial charge in [0.1, 0.15) is 11.4 Å². The van der Waals surface area contributed by atoms with E-state index in [2.05, 4.69) is 5.10 Å². The third kappa shape index (κ3) is 3.63. The number of likely N-dealkylation sites (tertiary alicyclic amines) is 1. The molecule has 2 N–H and O–H groups in total. The summed E-state index contributed by atoms with van der Waals surface area (Å²) in [4.78, 5) is 26.1. The summed E-state index contributed by atoms with van der Waals surface area (Å²) in [6.07, 6.45) is 3.20. The standard InChI is InChI=1S/C25H26N4O5/c1-28-23-17-5-3-4-6-19(17)34-25(18(23)14-27-28)9-11-29(12-10-25)24(31)16-7-8-20(21(13-16)32-2)33-15-22(26)30/h3-8,13-14H,9-12,15H2,1-2H3,(H2,26,30). The highest BCUT2D eigenvalue weighted by Gasteiger charge is 2.45. The number of primary amides is 1. The van der Waals surface area contributed by atoms with E-state index in [4.69, 9.17) is 19.9 Å². The van der Waals surface area contributed by atoms with Crippen molar-refractivity contribution in [1.82, 2.24) is 14.7 Å². The van der Waals surface area contributed by atoms with E-state index >= 15 is 0 Å². The van der Waals surface area contributed by atoms with Crippen LogP contribution in [0.3, 0.4) is 0 Å². The lowest BCUT2D eigenvalue weighted by molar-refractivity contribution is -0.119. The van der Waals surface area contributed by atoms with Gasteiger partial charge in [-0.1, -0.05) is 12.1 Å². The van der Waals surface area contributed by atoms with Gasteiger partial charge in [0.05, 0.1) is 19.0 Å². The fourth-order valence-corrected chi connectivity index (χ4v) is 4.80. The number of fused-ring (bicyclic) bond motifs is 4. The zero-order valence-electron chi connectivity index (χ0n) is 19.1. The van der Waals surface area contributed by atoms with Crippen LogP contribution in [0.15, 0.2) is 48.7 Å². The van der Waals surface area contributed by atoms with Crippen LogP contribution in [0.25, 0.3) is 11.3 Å². The number of aromatic nitrogens is 2. The van der Waals surface area contributed by atoms with Crippen molar-refractivity contribution in [2.75, 3.05) is 26.8 Å². The van der Waals surface area contributed by atoms with E-state index in [0.717, 1.165) is 22.6 Å². The Kier molecular flexibility index (Phi) is 5.39. The number of rotatable bonds is 5. The first-order valence-electron chi connectivity index (χ1n) is 11.1. The number of nitrogens with zero attached hydrogens (tertiary/aromatic N) is 3. The van der Waals surface area contributed by atoms with E-state index in [9.17, 15) is 9.59 Å². The molecule has 0 unspecified atom stereocenters. The van der Waals surface area contributed by atoms with Crippen molar-refractivity contribution < 1.29 is 23.8 Å². The predicted molar refractivity (Wildman–Crippen MR) is 124 cm³/mol. The highest BCUT2D eigenvalue weighted by molar-refractivity contribution is 5.95. The minimum Gasteiger partial charge on any atom is -0.493 e. The molecule has 0 radical (unpaired) electrons. The molecule has 1 saturated heterocycles. The number of aryl methyl sites for hydroxylation is 1. The molecule has 2 aliphatic rings. The number of benzene rings is 2. The number of piperidine rings is 1. The molecule has 5 rings (SSSR count). The summed E-state index contributed by atoms with van der Waals surface area (Å²) in [5, 5.41) is 4.50. The Morgan fingerprint density at radius 1 is 1.15 bits per heavy atom.